The van der Waals surface area contributed by atoms with Gasteiger partial charge >= 0.3 is 6.18 Å². The first kappa shape index (κ1) is 24.2. The Morgan fingerprint density at radius 1 is 1.06 bits per heavy atom. The molecule has 0 unspecified atom stereocenters. The van der Waals surface area contributed by atoms with Gasteiger partial charge in [0.25, 0.3) is 11.8 Å². The molecule has 2 N–H and O–H groups in total. The quantitative estimate of drug-likeness (QED) is 0.562. The maximum atomic E-state index is 13.0. The Hall–Kier alpha value is -3.95. The summed E-state index contributed by atoms with van der Waals surface area (Å²) in [5, 5.41) is 5.15. The second-order valence-corrected chi connectivity index (χ2v) is 8.39. The van der Waals surface area contributed by atoms with Gasteiger partial charge in [0.15, 0.2) is 0 Å². The van der Waals surface area contributed by atoms with Crippen molar-refractivity contribution in [2.75, 3.05) is 30.4 Å². The van der Waals surface area contributed by atoms with Gasteiger partial charge in [-0.2, -0.15) is 13.2 Å². The number of carbonyl (C=O) groups excluding carboxylic acids is 2. The molecular formula is C25H24F3N5O2. The molecule has 2 aromatic heterocycles. The minimum Gasteiger partial charge on any atom is -0.369 e. The number of carbonyl (C=O) groups is 2. The molecular weight excluding hydrogens is 459 g/mol. The van der Waals surface area contributed by atoms with Crippen molar-refractivity contribution >= 4 is 23.2 Å². The molecule has 1 atom stereocenters. The molecule has 0 aliphatic carbocycles. The molecule has 10 heteroatoms. The fraction of sp³-hybridized carbons (Fsp3) is 0.280. The van der Waals surface area contributed by atoms with Crippen LogP contribution >= 0.6 is 0 Å². The van der Waals surface area contributed by atoms with Crippen LogP contribution in [0.3, 0.4) is 0 Å². The molecule has 7 nitrogen and oxygen atoms in total. The number of amides is 2. The van der Waals surface area contributed by atoms with E-state index in [2.05, 4.69) is 25.5 Å². The Balaban J connectivity index is 1.53. The molecule has 0 bridgehead atoms. The summed E-state index contributed by atoms with van der Waals surface area (Å²) < 4.78 is 38.9. The number of hydrogen-bond donors (Lipinski definition) is 2. The summed E-state index contributed by atoms with van der Waals surface area (Å²) >= 11 is 0. The number of pyridine rings is 2. The molecule has 3 heterocycles. The molecule has 3 aromatic rings. The minimum atomic E-state index is -4.55. The van der Waals surface area contributed by atoms with E-state index in [1.165, 1.54) is 6.20 Å². The molecule has 0 spiro atoms. The number of alkyl halides is 3. The lowest BCUT2D eigenvalue weighted by Gasteiger charge is -2.21. The lowest BCUT2D eigenvalue weighted by atomic mass is 9.92. The predicted octanol–water partition coefficient (Wildman–Crippen LogP) is 4.41. The van der Waals surface area contributed by atoms with Gasteiger partial charge < -0.3 is 15.5 Å². The zero-order valence-electron chi connectivity index (χ0n) is 19.2. The number of halogens is 3. The van der Waals surface area contributed by atoms with Crippen LogP contribution in [0.4, 0.5) is 24.5 Å². The SMILES string of the molecule is CNC(=O)c1ccncc1N1CC[C@@H](c2cc(C(=O)Nc3cncc(C(F)(F)F)c3)ccc2C)C1. The van der Waals surface area contributed by atoms with Crippen molar-refractivity contribution in [1.29, 1.82) is 0 Å². The highest BCUT2D eigenvalue weighted by Gasteiger charge is 2.31. The first-order valence-corrected chi connectivity index (χ1v) is 11.0. The molecule has 1 fully saturated rings. The Bertz CT molecular complexity index is 1260. The third kappa shape index (κ3) is 5.26. The molecule has 1 aromatic carbocycles. The fourth-order valence-corrected chi connectivity index (χ4v) is 4.29. The largest absolute Gasteiger partial charge is 0.417 e. The smallest absolute Gasteiger partial charge is 0.369 e. The van der Waals surface area contributed by atoms with E-state index >= 15 is 0 Å². The monoisotopic (exact) mass is 483 g/mol. The molecule has 1 aliphatic heterocycles. The van der Waals surface area contributed by atoms with E-state index in [0.717, 1.165) is 29.3 Å². The lowest BCUT2D eigenvalue weighted by molar-refractivity contribution is -0.137. The highest BCUT2D eigenvalue weighted by molar-refractivity contribution is 6.04. The van der Waals surface area contributed by atoms with Crippen LogP contribution in [0.5, 0.6) is 0 Å². The lowest BCUT2D eigenvalue weighted by Crippen LogP contribution is -2.26. The summed E-state index contributed by atoms with van der Waals surface area (Å²) in [6.07, 6.45) is 1.40. The number of hydrogen-bond acceptors (Lipinski definition) is 5. The average Bonchev–Trinajstić information content (AvgIpc) is 3.33. The molecule has 35 heavy (non-hydrogen) atoms. The van der Waals surface area contributed by atoms with E-state index in [9.17, 15) is 22.8 Å². The van der Waals surface area contributed by atoms with Crippen LogP contribution in [0.25, 0.3) is 0 Å². The van der Waals surface area contributed by atoms with Crippen molar-refractivity contribution in [1.82, 2.24) is 15.3 Å². The molecule has 0 saturated carbocycles. The van der Waals surface area contributed by atoms with Gasteiger partial charge in [-0.25, -0.2) is 0 Å². The molecule has 4 rings (SSSR count). The first-order valence-electron chi connectivity index (χ1n) is 11.0. The second-order valence-electron chi connectivity index (χ2n) is 8.39. The van der Waals surface area contributed by atoms with Crippen LogP contribution in [0.2, 0.25) is 0 Å². The molecule has 0 radical (unpaired) electrons. The highest BCUT2D eigenvalue weighted by Crippen LogP contribution is 2.34. The maximum Gasteiger partial charge on any atom is 0.417 e. The fourth-order valence-electron chi connectivity index (χ4n) is 4.29. The Morgan fingerprint density at radius 2 is 1.86 bits per heavy atom. The van der Waals surface area contributed by atoms with Crippen LogP contribution in [-0.2, 0) is 6.18 Å². The van der Waals surface area contributed by atoms with Gasteiger partial charge in [0, 0.05) is 44.0 Å². The van der Waals surface area contributed by atoms with Crippen LogP contribution in [-0.4, -0.2) is 41.9 Å². The summed E-state index contributed by atoms with van der Waals surface area (Å²) in [5.74, 6) is -0.600. The maximum absolute atomic E-state index is 13.0. The number of nitrogens with zero attached hydrogens (tertiary/aromatic N) is 3. The number of anilines is 2. The summed E-state index contributed by atoms with van der Waals surface area (Å²) in [5.41, 5.74) is 2.66. The standard InChI is InChI=1S/C25H24F3N5O2/c1-15-3-4-16(23(34)32-19-10-18(11-31-12-19)25(26,27)28)9-21(15)17-6-8-33(14-17)22-13-30-7-5-20(22)24(35)29-2/h3-5,7,9-13,17H,6,8,14H2,1-2H3,(H,29,35)(H,32,34)/t17-/m1/s1. The number of rotatable bonds is 5. The normalized spacial score (nSPS) is 15.7. The molecule has 1 aliphatic rings. The van der Waals surface area contributed by atoms with Crippen molar-refractivity contribution in [3.8, 4) is 0 Å². The van der Waals surface area contributed by atoms with Gasteiger partial charge in [-0.05, 0) is 48.7 Å². The molecule has 1 saturated heterocycles. The zero-order chi connectivity index (χ0) is 25.2. The van der Waals surface area contributed by atoms with Gasteiger partial charge in [0.1, 0.15) is 0 Å². The van der Waals surface area contributed by atoms with Crippen LogP contribution in [0, 0.1) is 6.92 Å². The van der Waals surface area contributed by atoms with E-state index in [1.54, 1.807) is 37.6 Å². The number of benzene rings is 1. The Morgan fingerprint density at radius 3 is 2.60 bits per heavy atom. The highest BCUT2D eigenvalue weighted by atomic mass is 19.4. The van der Waals surface area contributed by atoms with Crippen molar-refractivity contribution in [3.05, 3.63) is 82.9 Å². The number of nitrogens with one attached hydrogen (secondary N) is 2. The van der Waals surface area contributed by atoms with Crippen molar-refractivity contribution in [3.63, 3.8) is 0 Å². The average molecular weight is 483 g/mol. The third-order valence-electron chi connectivity index (χ3n) is 6.11. The first-order chi connectivity index (χ1) is 16.7. The topological polar surface area (TPSA) is 87.2 Å². The van der Waals surface area contributed by atoms with E-state index in [1.807, 2.05) is 13.0 Å². The summed E-state index contributed by atoms with van der Waals surface area (Å²) in [4.78, 5) is 34.9. The predicted molar refractivity (Wildman–Crippen MR) is 126 cm³/mol. The van der Waals surface area contributed by atoms with E-state index < -0.39 is 17.6 Å². The van der Waals surface area contributed by atoms with E-state index in [0.29, 0.717) is 30.4 Å². The van der Waals surface area contributed by atoms with Gasteiger partial charge in [0.2, 0.25) is 0 Å². The molecule has 182 valence electrons. The van der Waals surface area contributed by atoms with Gasteiger partial charge in [-0.15, -0.1) is 0 Å². The van der Waals surface area contributed by atoms with Gasteiger partial charge in [-0.3, -0.25) is 19.6 Å². The van der Waals surface area contributed by atoms with Crippen molar-refractivity contribution in [2.45, 2.75) is 25.4 Å². The minimum absolute atomic E-state index is 0.0303. The van der Waals surface area contributed by atoms with Gasteiger partial charge in [-0.1, -0.05) is 6.07 Å². The summed E-state index contributed by atoms with van der Waals surface area (Å²) in [7, 11) is 1.58. The van der Waals surface area contributed by atoms with Crippen molar-refractivity contribution < 1.29 is 22.8 Å². The summed E-state index contributed by atoms with van der Waals surface area (Å²) in [6.45, 7) is 3.31. The van der Waals surface area contributed by atoms with Crippen molar-refractivity contribution in [2.24, 2.45) is 0 Å². The number of aryl methyl sites for hydroxylation is 1. The summed E-state index contributed by atoms with van der Waals surface area (Å²) in [6, 6.07) is 7.79. The second kappa shape index (κ2) is 9.73. The molecule has 2 amide bonds. The Labute approximate surface area is 200 Å². The zero-order valence-corrected chi connectivity index (χ0v) is 19.2. The number of aromatic nitrogens is 2. The van der Waals surface area contributed by atoms with Crippen LogP contribution in [0.1, 0.15) is 49.7 Å². The van der Waals surface area contributed by atoms with Crippen LogP contribution in [0.15, 0.2) is 55.1 Å². The van der Waals surface area contributed by atoms with Gasteiger partial charge in [0.05, 0.1) is 34.9 Å². The van der Waals surface area contributed by atoms with Crippen LogP contribution < -0.4 is 15.5 Å². The van der Waals surface area contributed by atoms with E-state index in [-0.39, 0.29) is 17.5 Å². The third-order valence-corrected chi connectivity index (χ3v) is 6.11. The Kier molecular flexibility index (Phi) is 6.72. The van der Waals surface area contributed by atoms with E-state index in [4.69, 9.17) is 0 Å².